The predicted molar refractivity (Wildman–Crippen MR) is 80.0 cm³/mol. The van der Waals surface area contributed by atoms with Gasteiger partial charge in [0.05, 0.1) is 16.1 Å². The van der Waals surface area contributed by atoms with Crippen molar-refractivity contribution in [2.24, 2.45) is 5.92 Å². The van der Waals surface area contributed by atoms with Crippen molar-refractivity contribution < 1.29 is 14.8 Å². The summed E-state index contributed by atoms with van der Waals surface area (Å²) in [5, 5.41) is 20.4. The SMILES string of the molecule is Cc1c(N(CC(C)C)C2CC2)cc(C(=O)O)cc1[N+](=O)[O-]. The topological polar surface area (TPSA) is 83.7 Å². The zero-order valence-corrected chi connectivity index (χ0v) is 12.5. The molecule has 6 heteroatoms. The molecule has 0 aliphatic heterocycles. The van der Waals surface area contributed by atoms with E-state index in [-0.39, 0.29) is 11.3 Å². The van der Waals surface area contributed by atoms with Crippen molar-refractivity contribution in [1.29, 1.82) is 0 Å². The molecule has 0 heterocycles. The fraction of sp³-hybridized carbons (Fsp3) is 0.533. The second-order valence-electron chi connectivity index (χ2n) is 5.98. The lowest BCUT2D eigenvalue weighted by Crippen LogP contribution is -2.30. The van der Waals surface area contributed by atoms with Crippen molar-refractivity contribution in [3.8, 4) is 0 Å². The molecule has 0 bridgehead atoms. The lowest BCUT2D eigenvalue weighted by Gasteiger charge is -2.28. The highest BCUT2D eigenvalue weighted by Gasteiger charge is 2.32. The quantitative estimate of drug-likeness (QED) is 0.643. The van der Waals surface area contributed by atoms with Crippen molar-refractivity contribution >= 4 is 17.3 Å². The molecule has 1 aliphatic rings. The zero-order chi connectivity index (χ0) is 15.7. The smallest absolute Gasteiger partial charge is 0.336 e. The highest BCUT2D eigenvalue weighted by atomic mass is 16.6. The van der Waals surface area contributed by atoms with Gasteiger partial charge in [0.2, 0.25) is 0 Å². The minimum Gasteiger partial charge on any atom is -0.478 e. The van der Waals surface area contributed by atoms with Gasteiger partial charge in [0.25, 0.3) is 5.69 Å². The Hall–Kier alpha value is -2.11. The van der Waals surface area contributed by atoms with E-state index >= 15 is 0 Å². The van der Waals surface area contributed by atoms with Crippen LogP contribution in [0.25, 0.3) is 0 Å². The third-order valence-electron chi connectivity index (χ3n) is 3.66. The molecule has 2 rings (SSSR count). The molecule has 1 aromatic carbocycles. The molecule has 1 saturated carbocycles. The van der Waals surface area contributed by atoms with Gasteiger partial charge in [-0.3, -0.25) is 10.1 Å². The van der Waals surface area contributed by atoms with Crippen molar-refractivity contribution in [3.63, 3.8) is 0 Å². The Morgan fingerprint density at radius 1 is 1.48 bits per heavy atom. The van der Waals surface area contributed by atoms with Gasteiger partial charge < -0.3 is 10.0 Å². The standard InChI is InChI=1S/C15H20N2O4/c1-9(2)8-16(12-4-5-12)13-6-11(15(18)19)7-14(10(13)3)17(20)21/h6-7,9,12H,4-5,8H2,1-3H3,(H,18,19). The monoisotopic (exact) mass is 292 g/mol. The first-order valence-corrected chi connectivity index (χ1v) is 7.10. The third-order valence-corrected chi connectivity index (χ3v) is 3.66. The number of carboxylic acid groups (broad SMARTS) is 1. The Bertz CT molecular complexity index is 579. The maximum atomic E-state index is 11.2. The van der Waals surface area contributed by atoms with Gasteiger partial charge in [0.15, 0.2) is 0 Å². The summed E-state index contributed by atoms with van der Waals surface area (Å²) in [5.74, 6) is -0.739. The first kappa shape index (κ1) is 15.3. The average Bonchev–Trinajstić information content (AvgIpc) is 3.19. The van der Waals surface area contributed by atoms with Crippen LogP contribution in [-0.4, -0.2) is 28.6 Å². The largest absolute Gasteiger partial charge is 0.478 e. The summed E-state index contributed by atoms with van der Waals surface area (Å²) in [6.07, 6.45) is 2.11. The summed E-state index contributed by atoms with van der Waals surface area (Å²) in [6.45, 7) is 6.63. The predicted octanol–water partition coefficient (Wildman–Crippen LogP) is 3.23. The minimum atomic E-state index is -1.14. The van der Waals surface area contributed by atoms with Crippen LogP contribution in [0.4, 0.5) is 11.4 Å². The first-order valence-electron chi connectivity index (χ1n) is 7.10. The summed E-state index contributed by atoms with van der Waals surface area (Å²) in [5.41, 5.74) is 1.06. The number of benzene rings is 1. The van der Waals surface area contributed by atoms with Crippen LogP contribution in [0.15, 0.2) is 12.1 Å². The number of rotatable bonds is 6. The molecule has 1 aliphatic carbocycles. The number of nitrogens with zero attached hydrogens (tertiary/aromatic N) is 2. The first-order chi connectivity index (χ1) is 9.81. The molecular weight excluding hydrogens is 272 g/mol. The second-order valence-corrected chi connectivity index (χ2v) is 5.98. The molecule has 114 valence electrons. The Morgan fingerprint density at radius 2 is 2.10 bits per heavy atom. The van der Waals surface area contributed by atoms with E-state index in [1.54, 1.807) is 13.0 Å². The van der Waals surface area contributed by atoms with Crippen molar-refractivity contribution in [3.05, 3.63) is 33.4 Å². The van der Waals surface area contributed by atoms with Crippen molar-refractivity contribution in [1.82, 2.24) is 0 Å². The number of hydrogen-bond acceptors (Lipinski definition) is 4. The Labute approximate surface area is 123 Å². The molecule has 1 aromatic rings. The molecule has 0 atom stereocenters. The lowest BCUT2D eigenvalue weighted by molar-refractivity contribution is -0.385. The molecule has 6 nitrogen and oxygen atoms in total. The van der Waals surface area contributed by atoms with Crippen LogP contribution in [0, 0.1) is 23.0 Å². The van der Waals surface area contributed by atoms with Gasteiger partial charge in [0, 0.05) is 24.3 Å². The van der Waals surface area contributed by atoms with Gasteiger partial charge in [-0.1, -0.05) is 13.8 Å². The van der Waals surface area contributed by atoms with E-state index in [1.165, 1.54) is 0 Å². The molecule has 0 spiro atoms. The van der Waals surface area contributed by atoms with Gasteiger partial charge in [-0.15, -0.1) is 0 Å². The summed E-state index contributed by atoms with van der Waals surface area (Å²) in [7, 11) is 0. The van der Waals surface area contributed by atoms with Crippen LogP contribution in [0.5, 0.6) is 0 Å². The van der Waals surface area contributed by atoms with Crippen molar-refractivity contribution in [2.75, 3.05) is 11.4 Å². The molecule has 1 N–H and O–H groups in total. The molecule has 0 saturated heterocycles. The maximum absolute atomic E-state index is 11.2. The van der Waals surface area contributed by atoms with Gasteiger partial charge in [-0.2, -0.15) is 0 Å². The number of carboxylic acids is 1. The number of nitro benzene ring substituents is 1. The molecule has 0 unspecified atom stereocenters. The van der Waals surface area contributed by atoms with E-state index in [4.69, 9.17) is 0 Å². The van der Waals surface area contributed by atoms with Crippen LogP contribution in [0.1, 0.15) is 42.6 Å². The van der Waals surface area contributed by atoms with Gasteiger partial charge >= 0.3 is 5.97 Å². The number of aromatic carboxylic acids is 1. The average molecular weight is 292 g/mol. The molecule has 21 heavy (non-hydrogen) atoms. The Kier molecular flexibility index (Phi) is 4.16. The molecule has 1 fully saturated rings. The molecular formula is C15H20N2O4. The number of nitro groups is 1. The van der Waals surface area contributed by atoms with E-state index in [0.29, 0.717) is 23.2 Å². The Morgan fingerprint density at radius 3 is 2.52 bits per heavy atom. The van der Waals surface area contributed by atoms with Gasteiger partial charge in [0.1, 0.15) is 0 Å². The van der Waals surface area contributed by atoms with Crippen LogP contribution in [-0.2, 0) is 0 Å². The van der Waals surface area contributed by atoms with E-state index in [1.807, 2.05) is 0 Å². The molecule has 0 aromatic heterocycles. The normalized spacial score (nSPS) is 14.3. The molecule has 0 amide bonds. The summed E-state index contributed by atoms with van der Waals surface area (Å²) >= 11 is 0. The van der Waals surface area contributed by atoms with Crippen molar-refractivity contribution in [2.45, 2.75) is 39.7 Å². The number of anilines is 1. The van der Waals surface area contributed by atoms with E-state index < -0.39 is 10.9 Å². The lowest BCUT2D eigenvalue weighted by atomic mass is 10.0. The van der Waals surface area contributed by atoms with E-state index in [9.17, 15) is 20.0 Å². The van der Waals surface area contributed by atoms with Crippen LogP contribution >= 0.6 is 0 Å². The zero-order valence-electron chi connectivity index (χ0n) is 12.5. The Balaban J connectivity index is 2.53. The van der Waals surface area contributed by atoms with Crippen LogP contribution < -0.4 is 4.90 Å². The fourth-order valence-electron chi connectivity index (χ4n) is 2.52. The summed E-state index contributed by atoms with van der Waals surface area (Å²) < 4.78 is 0. The summed E-state index contributed by atoms with van der Waals surface area (Å²) in [4.78, 5) is 24.0. The highest BCUT2D eigenvalue weighted by Crippen LogP contribution is 2.37. The molecule has 0 radical (unpaired) electrons. The fourth-order valence-corrected chi connectivity index (χ4v) is 2.52. The van der Waals surface area contributed by atoms with Crippen LogP contribution in [0.3, 0.4) is 0 Å². The highest BCUT2D eigenvalue weighted by molar-refractivity contribution is 5.91. The number of hydrogen-bond donors (Lipinski definition) is 1. The van der Waals surface area contributed by atoms with Crippen LogP contribution in [0.2, 0.25) is 0 Å². The maximum Gasteiger partial charge on any atom is 0.336 e. The van der Waals surface area contributed by atoms with Gasteiger partial charge in [-0.25, -0.2) is 4.79 Å². The minimum absolute atomic E-state index is 0.0308. The number of carbonyl (C=O) groups is 1. The second kappa shape index (κ2) is 5.71. The summed E-state index contributed by atoms with van der Waals surface area (Å²) in [6, 6.07) is 3.07. The van der Waals surface area contributed by atoms with Gasteiger partial charge in [-0.05, 0) is 31.7 Å². The van der Waals surface area contributed by atoms with E-state index in [2.05, 4.69) is 18.7 Å². The third kappa shape index (κ3) is 3.32. The van der Waals surface area contributed by atoms with E-state index in [0.717, 1.165) is 25.5 Å².